The normalized spacial score (nSPS) is 11.1. The molecule has 36 heavy (non-hydrogen) atoms. The van der Waals surface area contributed by atoms with E-state index in [4.69, 9.17) is 0 Å². The van der Waals surface area contributed by atoms with Crippen molar-refractivity contribution in [3.05, 3.63) is 70.1 Å². The number of rotatable bonds is 6. The fourth-order valence-corrected chi connectivity index (χ4v) is 6.74. The minimum absolute atomic E-state index is 0.122. The molecule has 0 N–H and O–H groups in total. The zero-order chi connectivity index (χ0) is 27.2. The maximum absolute atomic E-state index is 15.2. The molecule has 0 atom stereocenters. The minimum atomic E-state index is -5.34. The van der Waals surface area contributed by atoms with Crippen molar-refractivity contribution < 1.29 is 62.5 Å². The van der Waals surface area contributed by atoms with E-state index in [1.54, 1.807) is 0 Å². The second-order valence-electron chi connectivity index (χ2n) is 6.94. The van der Waals surface area contributed by atoms with Crippen LogP contribution in [0.25, 0.3) is 0 Å². The highest BCUT2D eigenvalue weighted by Gasteiger charge is 2.46. The van der Waals surface area contributed by atoms with E-state index in [1.165, 1.54) is 0 Å². The molecule has 0 saturated heterocycles. The Kier molecular flexibility index (Phi) is 7.66. The molecule has 3 aromatic rings. The quantitative estimate of drug-likeness (QED) is 0.204. The molecule has 0 fully saturated rings. The van der Waals surface area contributed by atoms with Gasteiger partial charge < -0.3 is 14.2 Å². The van der Waals surface area contributed by atoms with E-state index in [0.29, 0.717) is 14.2 Å². The SMILES string of the molecule is COc1cc(F)c(F)[c]([Al]([c]2c(F)c(F)c(F)c(OC)c2F)[c]2c(F)c(F)c(F)c(OC)c2F)c1F. The smallest absolute Gasteiger partial charge is 0.413 e. The Morgan fingerprint density at radius 3 is 1.19 bits per heavy atom. The van der Waals surface area contributed by atoms with Crippen molar-refractivity contribution in [1.29, 1.82) is 0 Å². The van der Waals surface area contributed by atoms with Gasteiger partial charge in [-0.25, -0.2) is 39.5 Å². The van der Waals surface area contributed by atoms with Crippen molar-refractivity contribution in [2.24, 2.45) is 0 Å². The molecule has 0 aliphatic heterocycles. The zero-order valence-electron chi connectivity index (χ0n) is 18.0. The first kappa shape index (κ1) is 27.4. The average Bonchev–Trinajstić information content (AvgIpc) is 2.84. The first-order valence-corrected chi connectivity index (χ1v) is 11.1. The molecule has 15 heteroatoms. The fraction of sp³-hybridized carbons (Fsp3) is 0.143. The summed E-state index contributed by atoms with van der Waals surface area (Å²) in [5.74, 6) is -29.9. The second-order valence-corrected chi connectivity index (χ2v) is 9.54. The van der Waals surface area contributed by atoms with Gasteiger partial charge in [-0.15, -0.1) is 0 Å². The number of hydrogen-bond donors (Lipinski definition) is 0. The number of benzene rings is 3. The Bertz CT molecular complexity index is 1310. The van der Waals surface area contributed by atoms with Gasteiger partial charge in [0.1, 0.15) is 5.82 Å². The molecule has 0 radical (unpaired) electrons. The van der Waals surface area contributed by atoms with Crippen LogP contribution >= 0.6 is 0 Å². The number of halogens is 11. The van der Waals surface area contributed by atoms with Crippen molar-refractivity contribution in [3.63, 3.8) is 0 Å². The molecule has 3 rings (SSSR count). The van der Waals surface area contributed by atoms with Crippen molar-refractivity contribution in [1.82, 2.24) is 0 Å². The second kappa shape index (κ2) is 10.1. The highest BCUT2D eigenvalue weighted by Crippen LogP contribution is 2.29. The lowest BCUT2D eigenvalue weighted by Gasteiger charge is -2.22. The van der Waals surface area contributed by atoms with Crippen LogP contribution in [0.3, 0.4) is 0 Å². The summed E-state index contributed by atoms with van der Waals surface area (Å²) in [6.45, 7) is 0. The number of methoxy groups -OCH3 is 3. The van der Waals surface area contributed by atoms with Gasteiger partial charge in [0.15, 0.2) is 63.8 Å². The van der Waals surface area contributed by atoms with Gasteiger partial charge in [-0.05, 0) is 13.3 Å². The molecule has 0 saturated carbocycles. The average molecular weight is 546 g/mol. The Morgan fingerprint density at radius 1 is 0.444 bits per heavy atom. The molecule has 0 spiro atoms. The molecule has 3 aromatic carbocycles. The molecular formula is C21H10AlF11O3. The van der Waals surface area contributed by atoms with Crippen LogP contribution in [0.15, 0.2) is 6.07 Å². The maximum atomic E-state index is 15.2. The largest absolute Gasteiger partial charge is 0.494 e. The van der Waals surface area contributed by atoms with Crippen molar-refractivity contribution >= 4 is 27.4 Å². The van der Waals surface area contributed by atoms with E-state index in [0.717, 1.165) is 7.11 Å². The molecule has 192 valence electrons. The Hall–Kier alpha value is -3.18. The molecule has 0 bridgehead atoms. The Labute approximate surface area is 199 Å². The van der Waals surface area contributed by atoms with Gasteiger partial charge in [-0.2, -0.15) is 8.78 Å². The predicted molar refractivity (Wildman–Crippen MR) is 103 cm³/mol. The summed E-state index contributed by atoms with van der Waals surface area (Å²) >= 11 is -5.34. The standard InChI is InChI=1S/2C7H3F4O.C7H4F3O.Al/c2*1-12-7-4(9)2-3(8)5(10)6(7)11;1-11-7-3-5(9)4(8)2-6(7)10;/h2*1H3;3H,1H3;. The summed E-state index contributed by atoms with van der Waals surface area (Å²) in [7, 11) is 1.86. The monoisotopic (exact) mass is 546 g/mol. The third kappa shape index (κ3) is 4.00. The van der Waals surface area contributed by atoms with Crippen LogP contribution in [0.4, 0.5) is 48.3 Å². The van der Waals surface area contributed by atoms with Crippen LogP contribution in [0, 0.1) is 64.0 Å². The lowest BCUT2D eigenvalue weighted by molar-refractivity contribution is 0.337. The van der Waals surface area contributed by atoms with Crippen molar-refractivity contribution in [2.45, 2.75) is 0 Å². The Balaban J connectivity index is 2.69. The van der Waals surface area contributed by atoms with Gasteiger partial charge in [0.05, 0.1) is 21.3 Å². The van der Waals surface area contributed by atoms with Crippen LogP contribution < -0.4 is 27.5 Å². The Morgan fingerprint density at radius 2 is 0.833 bits per heavy atom. The zero-order valence-corrected chi connectivity index (χ0v) is 19.2. The van der Waals surface area contributed by atoms with Gasteiger partial charge in [-0.1, -0.05) is 0 Å². The fourth-order valence-electron chi connectivity index (χ4n) is 3.56. The number of ether oxygens (including phenoxy) is 3. The van der Waals surface area contributed by atoms with E-state index in [9.17, 15) is 35.1 Å². The summed E-state index contributed by atoms with van der Waals surface area (Å²) in [5.41, 5.74) is 0. The molecule has 0 unspecified atom stereocenters. The van der Waals surface area contributed by atoms with Crippen LogP contribution in [-0.2, 0) is 0 Å². The first-order chi connectivity index (χ1) is 16.8. The lowest BCUT2D eigenvalue weighted by Crippen LogP contribution is -2.60. The van der Waals surface area contributed by atoms with E-state index in [2.05, 4.69) is 14.2 Å². The summed E-state index contributed by atoms with van der Waals surface area (Å²) in [4.78, 5) is 0. The molecule has 0 aromatic heterocycles. The first-order valence-electron chi connectivity index (χ1n) is 9.36. The van der Waals surface area contributed by atoms with Crippen LogP contribution in [0.2, 0.25) is 0 Å². The summed E-state index contributed by atoms with van der Waals surface area (Å²) in [6, 6.07) is 0.122. The molecule has 0 aliphatic rings. The molecule has 0 heterocycles. The molecule has 3 nitrogen and oxygen atoms in total. The summed E-state index contributed by atoms with van der Waals surface area (Å²) in [6.07, 6.45) is 0. The van der Waals surface area contributed by atoms with Crippen molar-refractivity contribution in [2.75, 3.05) is 21.3 Å². The highest BCUT2D eigenvalue weighted by molar-refractivity contribution is 6.96. The van der Waals surface area contributed by atoms with E-state index < -0.39 is 109 Å². The van der Waals surface area contributed by atoms with Gasteiger partial charge >= 0.3 is 14.1 Å². The third-order valence-electron chi connectivity index (χ3n) is 5.17. The molecular weight excluding hydrogens is 536 g/mol. The predicted octanol–water partition coefficient (Wildman–Crippen LogP) is 3.76. The van der Waals surface area contributed by atoms with Crippen molar-refractivity contribution in [3.8, 4) is 17.2 Å². The maximum Gasteiger partial charge on any atom is 0.413 e. The molecule has 0 amide bonds. The van der Waals surface area contributed by atoms with E-state index >= 15 is 13.2 Å². The minimum Gasteiger partial charge on any atom is -0.494 e. The van der Waals surface area contributed by atoms with Gasteiger partial charge in [0.2, 0.25) is 11.6 Å². The van der Waals surface area contributed by atoms with Crippen LogP contribution in [0.1, 0.15) is 0 Å². The van der Waals surface area contributed by atoms with Gasteiger partial charge in [0.25, 0.3) is 0 Å². The van der Waals surface area contributed by atoms with E-state index in [1.807, 2.05) is 0 Å². The van der Waals surface area contributed by atoms with Gasteiger partial charge in [0, 0.05) is 6.07 Å². The van der Waals surface area contributed by atoms with Crippen LogP contribution in [0.5, 0.6) is 17.2 Å². The summed E-state index contributed by atoms with van der Waals surface area (Å²) in [5, 5.41) is 0. The number of hydrogen-bond acceptors (Lipinski definition) is 3. The topological polar surface area (TPSA) is 27.7 Å². The molecule has 0 aliphatic carbocycles. The lowest BCUT2D eigenvalue weighted by atomic mass is 10.2. The van der Waals surface area contributed by atoms with E-state index in [-0.39, 0.29) is 6.07 Å². The third-order valence-corrected chi connectivity index (χ3v) is 8.42. The highest BCUT2D eigenvalue weighted by atomic mass is 27.2. The van der Waals surface area contributed by atoms with Gasteiger partial charge in [-0.3, -0.25) is 0 Å². The van der Waals surface area contributed by atoms with Crippen LogP contribution in [-0.4, -0.2) is 35.5 Å². The summed E-state index contributed by atoms with van der Waals surface area (Å²) < 4.78 is 169.